The number of rotatable bonds is 4. The SMILES string of the molecule is COc1ccc(CC(=O)N2CCC(c3noc4nc(C)cc(C(F)(F)F)c34)CC2)cc1. The average molecular weight is 433 g/mol. The van der Waals surface area contributed by atoms with Gasteiger partial charge < -0.3 is 14.2 Å². The number of ether oxygens (including phenoxy) is 1. The minimum Gasteiger partial charge on any atom is -0.497 e. The molecule has 1 amide bonds. The molecule has 1 aromatic carbocycles. The van der Waals surface area contributed by atoms with Crippen molar-refractivity contribution in [2.45, 2.75) is 38.3 Å². The van der Waals surface area contributed by atoms with Crippen molar-refractivity contribution in [3.05, 3.63) is 52.8 Å². The van der Waals surface area contributed by atoms with Crippen molar-refractivity contribution in [2.24, 2.45) is 0 Å². The molecular formula is C22H22F3N3O3. The summed E-state index contributed by atoms with van der Waals surface area (Å²) in [4.78, 5) is 18.5. The number of alkyl halides is 3. The number of nitrogens with zero attached hydrogens (tertiary/aromatic N) is 3. The molecule has 9 heteroatoms. The van der Waals surface area contributed by atoms with Crippen molar-refractivity contribution >= 4 is 17.0 Å². The number of aryl methyl sites for hydroxylation is 1. The zero-order chi connectivity index (χ0) is 22.2. The second-order valence-electron chi connectivity index (χ2n) is 7.74. The van der Waals surface area contributed by atoms with Gasteiger partial charge >= 0.3 is 6.18 Å². The van der Waals surface area contributed by atoms with E-state index in [-0.39, 0.29) is 40.7 Å². The number of fused-ring (bicyclic) bond motifs is 1. The van der Waals surface area contributed by atoms with E-state index in [1.165, 1.54) is 6.92 Å². The molecule has 6 nitrogen and oxygen atoms in total. The lowest BCUT2D eigenvalue weighted by atomic mass is 9.90. The first-order valence-corrected chi connectivity index (χ1v) is 10.0. The summed E-state index contributed by atoms with van der Waals surface area (Å²) in [5.41, 5.74) is 0.509. The lowest BCUT2D eigenvalue weighted by Gasteiger charge is -2.31. The summed E-state index contributed by atoms with van der Waals surface area (Å²) in [7, 11) is 1.58. The highest BCUT2D eigenvalue weighted by molar-refractivity contribution is 5.82. The van der Waals surface area contributed by atoms with Crippen LogP contribution in [-0.2, 0) is 17.4 Å². The third-order valence-electron chi connectivity index (χ3n) is 5.66. The van der Waals surface area contributed by atoms with Crippen molar-refractivity contribution in [3.63, 3.8) is 0 Å². The average Bonchev–Trinajstić information content (AvgIpc) is 3.16. The second kappa shape index (κ2) is 8.20. The van der Waals surface area contributed by atoms with Gasteiger partial charge in [-0.1, -0.05) is 17.3 Å². The quantitative estimate of drug-likeness (QED) is 0.606. The largest absolute Gasteiger partial charge is 0.497 e. The molecule has 0 saturated carbocycles. The number of hydrogen-bond acceptors (Lipinski definition) is 5. The Morgan fingerprint density at radius 2 is 1.90 bits per heavy atom. The molecule has 1 aliphatic rings. The molecule has 0 N–H and O–H groups in total. The van der Waals surface area contributed by atoms with Crippen LogP contribution in [0.4, 0.5) is 13.2 Å². The first-order valence-electron chi connectivity index (χ1n) is 10.0. The number of pyridine rings is 1. The third-order valence-corrected chi connectivity index (χ3v) is 5.66. The van der Waals surface area contributed by atoms with Crippen LogP contribution in [0.1, 0.15) is 41.3 Å². The van der Waals surface area contributed by atoms with Crippen LogP contribution in [0.2, 0.25) is 0 Å². The minimum absolute atomic E-state index is 0.0121. The summed E-state index contributed by atoms with van der Waals surface area (Å²) in [6, 6.07) is 8.32. The van der Waals surface area contributed by atoms with Gasteiger partial charge in [-0.15, -0.1) is 0 Å². The number of amides is 1. The maximum atomic E-state index is 13.6. The zero-order valence-electron chi connectivity index (χ0n) is 17.2. The predicted molar refractivity (Wildman–Crippen MR) is 107 cm³/mol. The van der Waals surface area contributed by atoms with Crippen LogP contribution < -0.4 is 4.74 Å². The first-order chi connectivity index (χ1) is 14.8. The zero-order valence-corrected chi connectivity index (χ0v) is 17.2. The summed E-state index contributed by atoms with van der Waals surface area (Å²) in [5.74, 6) is 0.485. The van der Waals surface area contributed by atoms with Gasteiger partial charge in [-0.3, -0.25) is 4.79 Å². The molecule has 1 aliphatic heterocycles. The van der Waals surface area contributed by atoms with Crippen LogP contribution in [0.5, 0.6) is 5.75 Å². The Kier molecular flexibility index (Phi) is 5.60. The molecule has 164 valence electrons. The van der Waals surface area contributed by atoms with Crippen LogP contribution in [0, 0.1) is 6.92 Å². The third kappa shape index (κ3) is 4.35. The van der Waals surface area contributed by atoms with Crippen molar-refractivity contribution in [1.29, 1.82) is 0 Å². The monoisotopic (exact) mass is 433 g/mol. The Hall–Kier alpha value is -3.10. The van der Waals surface area contributed by atoms with Crippen molar-refractivity contribution < 1.29 is 27.2 Å². The number of carbonyl (C=O) groups excluding carboxylic acids is 1. The van der Waals surface area contributed by atoms with Crippen LogP contribution in [0.3, 0.4) is 0 Å². The smallest absolute Gasteiger partial charge is 0.417 e. The number of aromatic nitrogens is 2. The number of methoxy groups -OCH3 is 1. The van der Waals surface area contributed by atoms with E-state index in [0.29, 0.717) is 25.9 Å². The molecule has 0 bridgehead atoms. The van der Waals surface area contributed by atoms with Gasteiger partial charge in [0, 0.05) is 24.7 Å². The fourth-order valence-corrected chi connectivity index (χ4v) is 4.03. The Morgan fingerprint density at radius 3 is 2.52 bits per heavy atom. The molecule has 3 aromatic rings. The molecule has 4 rings (SSSR count). The molecule has 0 spiro atoms. The highest BCUT2D eigenvalue weighted by Crippen LogP contribution is 2.40. The van der Waals surface area contributed by atoms with Crippen molar-refractivity contribution in [3.8, 4) is 5.75 Å². The van der Waals surface area contributed by atoms with Crippen molar-refractivity contribution in [1.82, 2.24) is 15.0 Å². The van der Waals surface area contributed by atoms with E-state index in [2.05, 4.69) is 10.1 Å². The standard InChI is InChI=1S/C22H22F3N3O3/c1-13-11-17(22(23,24)25)19-20(27-31-21(19)26-13)15-7-9-28(10-8-15)18(29)12-14-3-5-16(30-2)6-4-14/h3-6,11,15H,7-10,12H2,1-2H3. The van der Waals surface area contributed by atoms with Gasteiger partial charge in [-0.05, 0) is 43.5 Å². The fourth-order valence-electron chi connectivity index (χ4n) is 4.03. The van der Waals surface area contributed by atoms with Gasteiger partial charge in [-0.2, -0.15) is 13.2 Å². The van der Waals surface area contributed by atoms with E-state index in [4.69, 9.17) is 9.26 Å². The first kappa shape index (κ1) is 21.1. The maximum Gasteiger partial charge on any atom is 0.417 e. The van der Waals surface area contributed by atoms with E-state index in [9.17, 15) is 18.0 Å². The van der Waals surface area contributed by atoms with E-state index in [1.807, 2.05) is 12.1 Å². The van der Waals surface area contributed by atoms with Crippen molar-refractivity contribution in [2.75, 3.05) is 20.2 Å². The Bertz CT molecular complexity index is 1090. The molecule has 0 radical (unpaired) electrons. The Labute approximate surface area is 177 Å². The number of hydrogen-bond donors (Lipinski definition) is 0. The fraction of sp³-hybridized carbons (Fsp3) is 0.409. The van der Waals surface area contributed by atoms with Gasteiger partial charge in [0.1, 0.15) is 5.75 Å². The molecule has 0 aliphatic carbocycles. The van der Waals surface area contributed by atoms with Gasteiger partial charge in [-0.25, -0.2) is 4.98 Å². The second-order valence-corrected chi connectivity index (χ2v) is 7.74. The lowest BCUT2D eigenvalue weighted by Crippen LogP contribution is -2.38. The molecule has 1 fully saturated rings. The minimum atomic E-state index is -4.53. The normalized spacial score (nSPS) is 15.5. The van der Waals surface area contributed by atoms with Gasteiger partial charge in [0.15, 0.2) is 0 Å². The summed E-state index contributed by atoms with van der Waals surface area (Å²) in [6.07, 6.45) is -3.23. The summed E-state index contributed by atoms with van der Waals surface area (Å²) < 4.78 is 51.0. The van der Waals surface area contributed by atoms with E-state index in [1.54, 1.807) is 24.1 Å². The van der Waals surface area contributed by atoms with Gasteiger partial charge in [0.25, 0.3) is 5.71 Å². The summed E-state index contributed by atoms with van der Waals surface area (Å²) >= 11 is 0. The van der Waals surface area contributed by atoms with Crippen LogP contribution in [-0.4, -0.2) is 41.1 Å². The number of piperidine rings is 1. The maximum absolute atomic E-state index is 13.6. The van der Waals surface area contributed by atoms with E-state index >= 15 is 0 Å². The number of likely N-dealkylation sites (tertiary alicyclic amines) is 1. The molecule has 3 heterocycles. The number of carbonyl (C=O) groups is 1. The Balaban J connectivity index is 1.47. The van der Waals surface area contributed by atoms with E-state index in [0.717, 1.165) is 17.4 Å². The number of benzene rings is 1. The molecule has 0 atom stereocenters. The molecular weight excluding hydrogens is 411 g/mol. The van der Waals surface area contributed by atoms with Crippen LogP contribution in [0.15, 0.2) is 34.9 Å². The number of halogens is 3. The molecule has 2 aromatic heterocycles. The predicted octanol–water partition coefficient (Wildman–Crippen LogP) is 4.51. The topological polar surface area (TPSA) is 68.5 Å². The highest BCUT2D eigenvalue weighted by Gasteiger charge is 2.37. The molecule has 31 heavy (non-hydrogen) atoms. The molecule has 0 unspecified atom stereocenters. The summed E-state index contributed by atoms with van der Waals surface area (Å²) in [5, 5.41) is 3.87. The van der Waals surface area contributed by atoms with Crippen LogP contribution in [0.25, 0.3) is 11.1 Å². The van der Waals surface area contributed by atoms with Gasteiger partial charge in [0.2, 0.25) is 5.91 Å². The lowest BCUT2D eigenvalue weighted by molar-refractivity contribution is -0.136. The summed E-state index contributed by atoms with van der Waals surface area (Å²) in [6.45, 7) is 2.40. The van der Waals surface area contributed by atoms with Gasteiger partial charge in [0.05, 0.1) is 30.2 Å². The Morgan fingerprint density at radius 1 is 1.23 bits per heavy atom. The molecule has 1 saturated heterocycles. The highest BCUT2D eigenvalue weighted by atomic mass is 19.4. The van der Waals surface area contributed by atoms with E-state index < -0.39 is 11.7 Å². The van der Waals surface area contributed by atoms with Crippen LogP contribution >= 0.6 is 0 Å².